The van der Waals surface area contributed by atoms with E-state index in [1.54, 1.807) is 0 Å². The van der Waals surface area contributed by atoms with E-state index in [0.29, 0.717) is 19.7 Å². The number of amides is 1. The molecule has 5 nitrogen and oxygen atoms in total. The second-order valence-electron chi connectivity index (χ2n) is 7.35. The Morgan fingerprint density at radius 3 is 2.44 bits per heavy atom. The minimum atomic E-state index is -0.380. The molecule has 2 aromatic carbocycles. The third-order valence-electron chi connectivity index (χ3n) is 5.52. The van der Waals surface area contributed by atoms with Gasteiger partial charge in [-0.1, -0.05) is 48.5 Å². The molecule has 1 saturated heterocycles. The fourth-order valence-corrected chi connectivity index (χ4v) is 4.20. The van der Waals surface area contributed by atoms with E-state index in [9.17, 15) is 9.90 Å². The van der Waals surface area contributed by atoms with Crippen molar-refractivity contribution in [3.8, 4) is 11.1 Å². The normalized spacial score (nSPS) is 19.4. The first-order chi connectivity index (χ1) is 13.2. The third-order valence-corrected chi connectivity index (χ3v) is 5.52. The number of alkyl carbamates (subject to hydrolysis) is 1. The van der Waals surface area contributed by atoms with Crippen molar-refractivity contribution >= 4 is 6.09 Å². The van der Waals surface area contributed by atoms with Crippen LogP contribution in [0.2, 0.25) is 0 Å². The van der Waals surface area contributed by atoms with Crippen LogP contribution in [-0.2, 0) is 4.74 Å². The van der Waals surface area contributed by atoms with Gasteiger partial charge in [-0.05, 0) is 41.6 Å². The summed E-state index contributed by atoms with van der Waals surface area (Å²) in [6.45, 7) is 3.27. The fourth-order valence-electron chi connectivity index (χ4n) is 4.20. The first kappa shape index (κ1) is 18.0. The lowest BCUT2D eigenvalue weighted by Gasteiger charge is -2.29. The molecule has 4 rings (SSSR count). The molecule has 1 unspecified atom stereocenters. The lowest BCUT2D eigenvalue weighted by atomic mass is 9.98. The largest absolute Gasteiger partial charge is 0.449 e. The zero-order valence-electron chi connectivity index (χ0n) is 15.4. The van der Waals surface area contributed by atoms with Crippen LogP contribution in [0.4, 0.5) is 4.79 Å². The van der Waals surface area contributed by atoms with Crippen molar-refractivity contribution in [2.45, 2.75) is 24.9 Å². The highest BCUT2D eigenvalue weighted by atomic mass is 16.5. The molecule has 1 heterocycles. The Morgan fingerprint density at radius 1 is 1.11 bits per heavy atom. The van der Waals surface area contributed by atoms with Crippen molar-refractivity contribution in [1.29, 1.82) is 0 Å². The van der Waals surface area contributed by atoms with Gasteiger partial charge in [0.05, 0.1) is 6.10 Å². The number of aliphatic hydroxyl groups excluding tert-OH is 1. The van der Waals surface area contributed by atoms with Crippen LogP contribution in [0.15, 0.2) is 48.5 Å². The fraction of sp³-hybridized carbons (Fsp3) is 0.409. The van der Waals surface area contributed by atoms with Crippen LogP contribution in [0.25, 0.3) is 11.1 Å². The van der Waals surface area contributed by atoms with E-state index in [-0.39, 0.29) is 18.1 Å². The number of carbonyl (C=O) groups is 1. The van der Waals surface area contributed by atoms with Gasteiger partial charge in [0.2, 0.25) is 0 Å². The molecule has 0 aromatic heterocycles. The average Bonchev–Trinajstić information content (AvgIpc) is 3.00. The molecule has 1 aliphatic heterocycles. The molecule has 1 atom stereocenters. The predicted octanol–water partition coefficient (Wildman–Crippen LogP) is 2.98. The number of fused-ring (bicyclic) bond motifs is 3. The van der Waals surface area contributed by atoms with E-state index in [2.05, 4.69) is 34.5 Å². The third kappa shape index (κ3) is 3.99. The molecule has 2 aliphatic rings. The molecule has 1 fully saturated rings. The summed E-state index contributed by atoms with van der Waals surface area (Å²) in [5.74, 6) is 0.0837. The Hall–Kier alpha value is -2.37. The van der Waals surface area contributed by atoms with E-state index in [1.165, 1.54) is 22.3 Å². The van der Waals surface area contributed by atoms with Gasteiger partial charge < -0.3 is 15.2 Å². The Balaban J connectivity index is 1.30. The number of nitrogens with zero attached hydrogens (tertiary/aromatic N) is 1. The molecule has 0 saturated carbocycles. The topological polar surface area (TPSA) is 61.8 Å². The van der Waals surface area contributed by atoms with Crippen LogP contribution < -0.4 is 5.32 Å². The number of hydrogen-bond acceptors (Lipinski definition) is 4. The highest BCUT2D eigenvalue weighted by molar-refractivity contribution is 5.79. The van der Waals surface area contributed by atoms with Gasteiger partial charge in [0, 0.05) is 25.6 Å². The average molecular weight is 366 g/mol. The van der Waals surface area contributed by atoms with Crippen LogP contribution in [-0.4, -0.2) is 55.0 Å². The number of nitrogens with one attached hydrogen (secondary N) is 1. The monoisotopic (exact) mass is 366 g/mol. The summed E-state index contributed by atoms with van der Waals surface area (Å²) in [6.07, 6.45) is 1.25. The summed E-state index contributed by atoms with van der Waals surface area (Å²) in [5, 5.41) is 12.5. The highest BCUT2D eigenvalue weighted by Crippen LogP contribution is 2.44. The van der Waals surface area contributed by atoms with E-state index in [4.69, 9.17) is 4.74 Å². The van der Waals surface area contributed by atoms with Crippen molar-refractivity contribution < 1.29 is 14.6 Å². The lowest BCUT2D eigenvalue weighted by Crippen LogP contribution is -2.42. The summed E-state index contributed by atoms with van der Waals surface area (Å²) < 4.78 is 5.53. The zero-order valence-corrected chi connectivity index (χ0v) is 15.4. The van der Waals surface area contributed by atoms with E-state index in [0.717, 1.165) is 25.9 Å². The summed E-state index contributed by atoms with van der Waals surface area (Å²) in [5.41, 5.74) is 4.89. The van der Waals surface area contributed by atoms with Crippen molar-refractivity contribution in [3.05, 3.63) is 59.7 Å². The standard InChI is InChI=1S/C22H26N2O3/c25-16-6-5-12-24(14-16)13-11-23-22(26)27-15-21-19-9-3-1-7-17(19)18-8-2-4-10-20(18)21/h1-4,7-10,16,21,25H,5-6,11-15H2,(H,23,26). The van der Waals surface area contributed by atoms with Gasteiger partial charge in [-0.25, -0.2) is 4.79 Å². The Morgan fingerprint density at radius 2 is 1.78 bits per heavy atom. The van der Waals surface area contributed by atoms with Gasteiger partial charge in [0.25, 0.3) is 0 Å². The van der Waals surface area contributed by atoms with E-state index >= 15 is 0 Å². The second-order valence-corrected chi connectivity index (χ2v) is 7.35. The molecular weight excluding hydrogens is 340 g/mol. The molecule has 1 aliphatic carbocycles. The number of likely N-dealkylation sites (tertiary alicyclic amines) is 1. The number of carbonyl (C=O) groups excluding carboxylic acids is 1. The number of aliphatic hydroxyl groups is 1. The predicted molar refractivity (Wildman–Crippen MR) is 105 cm³/mol. The van der Waals surface area contributed by atoms with Crippen LogP contribution >= 0.6 is 0 Å². The summed E-state index contributed by atoms with van der Waals surface area (Å²) >= 11 is 0. The van der Waals surface area contributed by atoms with Crippen LogP contribution in [0.3, 0.4) is 0 Å². The number of ether oxygens (including phenoxy) is 1. The minimum absolute atomic E-state index is 0.0837. The van der Waals surface area contributed by atoms with Crippen LogP contribution in [0, 0.1) is 0 Å². The van der Waals surface area contributed by atoms with Gasteiger partial charge in [-0.2, -0.15) is 0 Å². The van der Waals surface area contributed by atoms with Crippen molar-refractivity contribution in [2.75, 3.05) is 32.8 Å². The van der Waals surface area contributed by atoms with Crippen LogP contribution in [0.5, 0.6) is 0 Å². The van der Waals surface area contributed by atoms with E-state index < -0.39 is 0 Å². The van der Waals surface area contributed by atoms with Gasteiger partial charge >= 0.3 is 6.09 Å². The number of piperidine rings is 1. The lowest BCUT2D eigenvalue weighted by molar-refractivity contribution is 0.0708. The molecule has 1 amide bonds. The molecule has 5 heteroatoms. The maximum atomic E-state index is 12.1. The molecule has 0 bridgehead atoms. The summed E-state index contributed by atoms with van der Waals surface area (Å²) in [7, 11) is 0. The molecule has 0 radical (unpaired) electrons. The Labute approximate surface area is 160 Å². The van der Waals surface area contributed by atoms with Crippen molar-refractivity contribution in [1.82, 2.24) is 10.2 Å². The van der Waals surface area contributed by atoms with Gasteiger partial charge in [-0.3, -0.25) is 4.90 Å². The van der Waals surface area contributed by atoms with Crippen molar-refractivity contribution in [3.63, 3.8) is 0 Å². The molecule has 2 aromatic rings. The number of β-amino-alcohol motifs (C(OH)–C–C–N with tert-alkyl or cyclic N) is 1. The van der Waals surface area contributed by atoms with Crippen LogP contribution in [0.1, 0.15) is 29.9 Å². The van der Waals surface area contributed by atoms with E-state index in [1.807, 2.05) is 24.3 Å². The quantitative estimate of drug-likeness (QED) is 0.854. The number of hydrogen-bond donors (Lipinski definition) is 2. The SMILES string of the molecule is O=C(NCCN1CCCC(O)C1)OCC1c2ccccc2-c2ccccc21. The smallest absolute Gasteiger partial charge is 0.407 e. The first-order valence-corrected chi connectivity index (χ1v) is 9.71. The highest BCUT2D eigenvalue weighted by Gasteiger charge is 2.29. The maximum Gasteiger partial charge on any atom is 0.407 e. The second kappa shape index (κ2) is 8.11. The summed E-state index contributed by atoms with van der Waals surface area (Å²) in [4.78, 5) is 14.3. The molecular formula is C22H26N2O3. The number of benzene rings is 2. The maximum absolute atomic E-state index is 12.1. The number of rotatable bonds is 5. The molecule has 27 heavy (non-hydrogen) atoms. The van der Waals surface area contributed by atoms with Gasteiger partial charge in [0.15, 0.2) is 0 Å². The Kier molecular flexibility index (Phi) is 5.41. The molecule has 2 N–H and O–H groups in total. The van der Waals surface area contributed by atoms with Gasteiger partial charge in [-0.15, -0.1) is 0 Å². The summed E-state index contributed by atoms with van der Waals surface area (Å²) in [6, 6.07) is 16.6. The first-order valence-electron chi connectivity index (χ1n) is 9.71. The Bertz CT molecular complexity index is 762. The van der Waals surface area contributed by atoms with Crippen molar-refractivity contribution in [2.24, 2.45) is 0 Å². The molecule has 0 spiro atoms. The minimum Gasteiger partial charge on any atom is -0.449 e. The van der Waals surface area contributed by atoms with Gasteiger partial charge in [0.1, 0.15) is 6.61 Å². The zero-order chi connectivity index (χ0) is 18.6. The molecule has 142 valence electrons.